The standard InChI is InChI=1S/C54H102O14/c1-3-5-7-9-11-13-15-17-18-19-20-21-22-23-24-26-28-30-32-34-36-38-63-40-43(66-46(56)37-35-33-31-29-27-25-16-14-12-10-8-6-4-2)41-64-53-52(62)50(60)48(58)45(68-53)42-65-54-51(61)49(59)47(57)44(39-55)67-54/h14,16,43-45,47-55,57-62H,3-13,15,17-42H2,1-2H3/b16-14-. The molecule has 14 heteroatoms. The molecule has 0 saturated carbocycles. The molecule has 0 radical (unpaired) electrons. The number of hydrogen-bond donors (Lipinski definition) is 7. The van der Waals surface area contributed by atoms with Gasteiger partial charge in [0.25, 0.3) is 0 Å². The van der Waals surface area contributed by atoms with Crippen molar-refractivity contribution in [2.75, 3.05) is 33.0 Å². The van der Waals surface area contributed by atoms with Crippen LogP contribution in [0.4, 0.5) is 0 Å². The molecule has 14 nitrogen and oxygen atoms in total. The summed E-state index contributed by atoms with van der Waals surface area (Å²) in [5.74, 6) is -0.381. The quantitative estimate of drug-likeness (QED) is 0.0172. The average Bonchev–Trinajstić information content (AvgIpc) is 3.33. The predicted octanol–water partition coefficient (Wildman–Crippen LogP) is 9.02. The lowest BCUT2D eigenvalue weighted by Crippen LogP contribution is -2.61. The molecule has 0 aromatic carbocycles. The number of carbonyl (C=O) groups is 1. The molecule has 0 aliphatic carbocycles. The lowest BCUT2D eigenvalue weighted by atomic mass is 9.98. The summed E-state index contributed by atoms with van der Waals surface area (Å²) in [7, 11) is 0. The summed E-state index contributed by atoms with van der Waals surface area (Å²) < 4.78 is 34.3. The zero-order valence-corrected chi connectivity index (χ0v) is 42.9. The second-order valence-corrected chi connectivity index (χ2v) is 19.8. The van der Waals surface area contributed by atoms with Gasteiger partial charge in [-0.2, -0.15) is 0 Å². The van der Waals surface area contributed by atoms with Crippen LogP contribution in [0, 0.1) is 0 Å². The maximum absolute atomic E-state index is 13.0. The summed E-state index contributed by atoms with van der Waals surface area (Å²) >= 11 is 0. The van der Waals surface area contributed by atoms with Gasteiger partial charge in [-0.15, -0.1) is 0 Å². The molecule has 11 unspecified atom stereocenters. The fourth-order valence-corrected chi connectivity index (χ4v) is 8.99. The molecule has 2 rings (SSSR count). The first-order valence-corrected chi connectivity index (χ1v) is 27.8. The summed E-state index contributed by atoms with van der Waals surface area (Å²) in [6, 6.07) is 0. The molecule has 7 N–H and O–H groups in total. The number of carbonyl (C=O) groups excluding carboxylic acids is 1. The fourth-order valence-electron chi connectivity index (χ4n) is 8.99. The van der Waals surface area contributed by atoms with Crippen molar-refractivity contribution in [2.24, 2.45) is 0 Å². The molecule has 2 aliphatic rings. The van der Waals surface area contributed by atoms with Gasteiger partial charge >= 0.3 is 5.97 Å². The molecule has 2 heterocycles. The van der Waals surface area contributed by atoms with Crippen molar-refractivity contribution < 1.29 is 69.0 Å². The Hall–Kier alpha value is -1.27. The summed E-state index contributed by atoms with van der Waals surface area (Å²) in [6.07, 6.45) is 28.5. The van der Waals surface area contributed by atoms with Crippen LogP contribution < -0.4 is 0 Å². The van der Waals surface area contributed by atoms with Gasteiger partial charge in [0.05, 0.1) is 26.4 Å². The van der Waals surface area contributed by atoms with Gasteiger partial charge in [-0.3, -0.25) is 4.79 Å². The number of esters is 1. The van der Waals surface area contributed by atoms with Gasteiger partial charge in [0.1, 0.15) is 54.9 Å². The first-order chi connectivity index (χ1) is 33.1. The van der Waals surface area contributed by atoms with Gasteiger partial charge in [-0.05, 0) is 38.5 Å². The Morgan fingerprint density at radius 1 is 0.471 bits per heavy atom. The Bertz CT molecular complexity index is 1180. The smallest absolute Gasteiger partial charge is 0.306 e. The minimum atomic E-state index is -1.70. The van der Waals surface area contributed by atoms with Crippen LogP contribution in [-0.2, 0) is 33.2 Å². The van der Waals surface area contributed by atoms with E-state index < -0.39 is 80.7 Å². The van der Waals surface area contributed by atoms with Crippen molar-refractivity contribution >= 4 is 5.97 Å². The van der Waals surface area contributed by atoms with Crippen LogP contribution in [0.15, 0.2) is 12.2 Å². The zero-order valence-electron chi connectivity index (χ0n) is 42.9. The third kappa shape index (κ3) is 29.3. The topological polar surface area (TPSA) is 214 Å². The maximum atomic E-state index is 13.0. The van der Waals surface area contributed by atoms with Crippen LogP contribution in [0.2, 0.25) is 0 Å². The predicted molar refractivity (Wildman–Crippen MR) is 266 cm³/mol. The van der Waals surface area contributed by atoms with Crippen LogP contribution >= 0.6 is 0 Å². The summed E-state index contributed by atoms with van der Waals surface area (Å²) in [6.45, 7) is 3.70. The van der Waals surface area contributed by atoms with Gasteiger partial charge in [0.2, 0.25) is 0 Å². The van der Waals surface area contributed by atoms with E-state index in [1.165, 1.54) is 141 Å². The van der Waals surface area contributed by atoms with Crippen LogP contribution in [0.25, 0.3) is 0 Å². The molecule has 0 spiro atoms. The Morgan fingerprint density at radius 3 is 1.35 bits per heavy atom. The van der Waals surface area contributed by atoms with Crippen molar-refractivity contribution in [3.05, 3.63) is 12.2 Å². The van der Waals surface area contributed by atoms with E-state index in [1.807, 2.05) is 0 Å². The summed E-state index contributed by atoms with van der Waals surface area (Å²) in [5.41, 5.74) is 0. The first kappa shape index (κ1) is 62.8. The molecule has 2 aliphatic heterocycles. The maximum Gasteiger partial charge on any atom is 0.306 e. The highest BCUT2D eigenvalue weighted by atomic mass is 16.7. The molecule has 2 fully saturated rings. The van der Waals surface area contributed by atoms with E-state index in [2.05, 4.69) is 26.0 Å². The van der Waals surface area contributed by atoms with Crippen molar-refractivity contribution in [3.63, 3.8) is 0 Å². The molecular weight excluding hydrogens is 873 g/mol. The van der Waals surface area contributed by atoms with Crippen LogP contribution in [0.1, 0.15) is 226 Å². The molecule has 2 saturated heterocycles. The van der Waals surface area contributed by atoms with E-state index in [0.717, 1.165) is 57.8 Å². The number of aliphatic hydroxyl groups is 7. The van der Waals surface area contributed by atoms with E-state index >= 15 is 0 Å². The Balaban J connectivity index is 1.71. The average molecular weight is 975 g/mol. The van der Waals surface area contributed by atoms with Crippen molar-refractivity contribution in [3.8, 4) is 0 Å². The van der Waals surface area contributed by atoms with Gasteiger partial charge < -0.3 is 64.2 Å². The van der Waals surface area contributed by atoms with Gasteiger partial charge in [-0.25, -0.2) is 0 Å². The van der Waals surface area contributed by atoms with Crippen molar-refractivity contribution in [1.29, 1.82) is 0 Å². The number of allylic oxidation sites excluding steroid dienone is 2. The number of ether oxygens (including phenoxy) is 6. The molecule has 0 aromatic rings. The van der Waals surface area contributed by atoms with Crippen molar-refractivity contribution in [1.82, 2.24) is 0 Å². The Labute approximate surface area is 412 Å². The lowest BCUT2D eigenvalue weighted by molar-refractivity contribution is -0.332. The zero-order chi connectivity index (χ0) is 49.5. The van der Waals surface area contributed by atoms with Gasteiger partial charge in [-0.1, -0.05) is 193 Å². The third-order valence-electron chi connectivity index (χ3n) is 13.5. The molecule has 11 atom stereocenters. The van der Waals surface area contributed by atoms with Crippen molar-refractivity contribution in [2.45, 2.75) is 293 Å². The minimum Gasteiger partial charge on any atom is -0.457 e. The van der Waals surface area contributed by atoms with E-state index in [-0.39, 0.29) is 25.6 Å². The van der Waals surface area contributed by atoms with Crippen LogP contribution in [0.3, 0.4) is 0 Å². The molecule has 0 amide bonds. The van der Waals surface area contributed by atoms with Crippen LogP contribution in [0.5, 0.6) is 0 Å². The van der Waals surface area contributed by atoms with E-state index in [9.17, 15) is 40.5 Å². The second kappa shape index (κ2) is 42.3. The van der Waals surface area contributed by atoms with Gasteiger partial charge in [0, 0.05) is 13.0 Å². The number of hydrogen-bond acceptors (Lipinski definition) is 14. The molecule has 0 bridgehead atoms. The largest absolute Gasteiger partial charge is 0.457 e. The highest BCUT2D eigenvalue weighted by Gasteiger charge is 2.47. The first-order valence-electron chi connectivity index (χ1n) is 27.8. The van der Waals surface area contributed by atoms with Crippen LogP contribution in [-0.4, -0.2) is 142 Å². The number of unbranched alkanes of at least 4 members (excludes halogenated alkanes) is 29. The highest BCUT2D eigenvalue weighted by molar-refractivity contribution is 5.69. The summed E-state index contributed by atoms with van der Waals surface area (Å²) in [5, 5.41) is 72.2. The minimum absolute atomic E-state index is 0.0642. The second-order valence-electron chi connectivity index (χ2n) is 19.8. The Morgan fingerprint density at radius 2 is 0.868 bits per heavy atom. The third-order valence-corrected chi connectivity index (χ3v) is 13.5. The normalized spacial score (nSPS) is 25.9. The molecule has 68 heavy (non-hydrogen) atoms. The lowest BCUT2D eigenvalue weighted by Gasteiger charge is -2.42. The fraction of sp³-hybridized carbons (Fsp3) is 0.944. The summed E-state index contributed by atoms with van der Waals surface area (Å²) in [4.78, 5) is 13.0. The highest BCUT2D eigenvalue weighted by Crippen LogP contribution is 2.27. The van der Waals surface area contributed by atoms with E-state index in [4.69, 9.17) is 28.4 Å². The Kier molecular flexibility index (Phi) is 39.1. The van der Waals surface area contributed by atoms with E-state index in [1.54, 1.807) is 0 Å². The number of rotatable bonds is 45. The number of aliphatic hydroxyl groups excluding tert-OH is 7. The monoisotopic (exact) mass is 975 g/mol. The van der Waals surface area contributed by atoms with E-state index in [0.29, 0.717) is 13.0 Å². The SMILES string of the molecule is CCCCCC/C=C\CCCCCCCC(=O)OC(COCCCCCCCCCCCCCCCCCCCCCCC)COC1OC(COC2OC(CO)C(O)C(O)C2O)C(O)C(O)C1O. The molecule has 402 valence electrons. The molecular formula is C54H102O14. The van der Waals surface area contributed by atoms with Gasteiger partial charge in [0.15, 0.2) is 12.6 Å². The molecule has 0 aromatic heterocycles.